The number of hydrogen-bond acceptors (Lipinski definition) is 5. The number of imide groups is 1. The van der Waals surface area contributed by atoms with Crippen molar-refractivity contribution in [2.24, 2.45) is 11.8 Å². The zero-order valence-corrected chi connectivity index (χ0v) is 15.7. The normalized spacial score (nSPS) is 42.8. The van der Waals surface area contributed by atoms with Crippen molar-refractivity contribution in [2.45, 2.75) is 68.9 Å². The highest BCUT2D eigenvalue weighted by molar-refractivity contribution is 6.08. The van der Waals surface area contributed by atoms with E-state index in [-0.39, 0.29) is 66.8 Å². The van der Waals surface area contributed by atoms with Gasteiger partial charge >= 0.3 is 0 Å². The molecule has 0 aromatic rings. The van der Waals surface area contributed by atoms with E-state index in [9.17, 15) is 14.4 Å². The number of hydrogen-bond donors (Lipinski definition) is 1. The van der Waals surface area contributed by atoms with Crippen LogP contribution in [0.15, 0.2) is 0 Å². The Bertz CT molecular complexity index is 604. The maximum absolute atomic E-state index is 12.7. The average molecular weight is 384 g/mol. The molecule has 6 unspecified atom stereocenters. The molecule has 1 N–H and O–H groups in total. The van der Waals surface area contributed by atoms with Gasteiger partial charge in [0, 0.05) is 25.2 Å². The molecular formula is C18H26ClN3O4. The Morgan fingerprint density at radius 3 is 2.15 bits per heavy atom. The second-order valence-electron chi connectivity index (χ2n) is 8.37. The molecule has 5 fully saturated rings. The number of nitrogens with zero attached hydrogens (tertiary/aromatic N) is 2. The van der Waals surface area contributed by atoms with Crippen LogP contribution < -0.4 is 5.32 Å². The molecule has 5 aliphatic heterocycles. The molecule has 5 rings (SSSR count). The molecule has 5 heterocycles. The molecule has 0 saturated carbocycles. The van der Waals surface area contributed by atoms with Gasteiger partial charge in [-0.1, -0.05) is 0 Å². The molecule has 5 aliphatic rings. The number of halogens is 1. The van der Waals surface area contributed by atoms with Gasteiger partial charge in [0.1, 0.15) is 6.54 Å². The van der Waals surface area contributed by atoms with Gasteiger partial charge < -0.3 is 15.0 Å². The van der Waals surface area contributed by atoms with Crippen LogP contribution in [0.2, 0.25) is 0 Å². The van der Waals surface area contributed by atoms with Crippen molar-refractivity contribution >= 4 is 30.1 Å². The summed E-state index contributed by atoms with van der Waals surface area (Å²) in [7, 11) is 1.82. The van der Waals surface area contributed by atoms with E-state index in [1.807, 2.05) is 7.05 Å². The molecule has 3 amide bonds. The third-order valence-electron chi connectivity index (χ3n) is 7.06. The molecule has 0 aliphatic carbocycles. The number of amides is 3. The Balaban J connectivity index is 0.00000168. The predicted octanol–water partition coefficient (Wildman–Crippen LogP) is 0.312. The first-order valence-corrected chi connectivity index (χ1v) is 9.55. The van der Waals surface area contributed by atoms with Crippen LogP contribution in [-0.2, 0) is 19.1 Å². The number of ether oxygens (including phenoxy) is 1. The lowest BCUT2D eigenvalue weighted by molar-refractivity contribution is -0.149. The van der Waals surface area contributed by atoms with Crippen molar-refractivity contribution in [3.8, 4) is 0 Å². The van der Waals surface area contributed by atoms with Crippen LogP contribution in [0.1, 0.15) is 38.5 Å². The van der Waals surface area contributed by atoms with E-state index in [1.54, 1.807) is 4.90 Å². The fraction of sp³-hybridized carbons (Fsp3) is 0.833. The third-order valence-corrected chi connectivity index (χ3v) is 7.06. The van der Waals surface area contributed by atoms with E-state index in [0.717, 1.165) is 25.7 Å². The van der Waals surface area contributed by atoms with E-state index in [4.69, 9.17) is 4.74 Å². The van der Waals surface area contributed by atoms with Gasteiger partial charge in [0.05, 0.1) is 24.0 Å². The molecule has 7 nitrogen and oxygen atoms in total. The van der Waals surface area contributed by atoms with Gasteiger partial charge in [-0.15, -0.1) is 12.4 Å². The SMILES string of the molecule is CN(C(=O)CN1C(=O)C2C3CCC(O3)C2C1=O)C1CC2CCC(C1)N2.Cl. The Morgan fingerprint density at radius 2 is 1.62 bits per heavy atom. The first kappa shape index (κ1) is 18.2. The molecule has 8 heteroatoms. The van der Waals surface area contributed by atoms with Crippen LogP contribution in [-0.4, -0.2) is 71.4 Å². The summed E-state index contributed by atoms with van der Waals surface area (Å²) in [5.74, 6) is -1.22. The third kappa shape index (κ3) is 2.59. The quantitative estimate of drug-likeness (QED) is 0.710. The molecule has 26 heavy (non-hydrogen) atoms. The first-order valence-electron chi connectivity index (χ1n) is 9.55. The van der Waals surface area contributed by atoms with Crippen molar-refractivity contribution in [1.29, 1.82) is 0 Å². The standard InChI is InChI=1S/C18H25N3O4.ClH/c1-20(11-6-9-2-3-10(7-11)19-9)14(22)8-21-17(23)15-12-4-5-13(25-12)16(15)18(21)24;/h9-13,15-16,19H,2-8H2,1H3;1H. The van der Waals surface area contributed by atoms with Gasteiger partial charge in [0.25, 0.3) is 0 Å². The Labute approximate surface area is 159 Å². The lowest BCUT2D eigenvalue weighted by Gasteiger charge is -2.36. The zero-order chi connectivity index (χ0) is 17.3. The highest BCUT2D eigenvalue weighted by atomic mass is 35.5. The van der Waals surface area contributed by atoms with Gasteiger partial charge in [-0.05, 0) is 38.5 Å². The zero-order valence-electron chi connectivity index (χ0n) is 14.9. The topological polar surface area (TPSA) is 79.0 Å². The van der Waals surface area contributed by atoms with Crippen LogP contribution >= 0.6 is 12.4 Å². The van der Waals surface area contributed by atoms with Crippen LogP contribution in [0.25, 0.3) is 0 Å². The minimum absolute atomic E-state index is 0. The van der Waals surface area contributed by atoms with Gasteiger partial charge in [0.15, 0.2) is 0 Å². The van der Waals surface area contributed by atoms with Crippen LogP contribution in [0.4, 0.5) is 0 Å². The number of nitrogens with one attached hydrogen (secondary N) is 1. The molecule has 6 atom stereocenters. The lowest BCUT2D eigenvalue weighted by Crippen LogP contribution is -2.51. The van der Waals surface area contributed by atoms with E-state index < -0.39 is 0 Å². The van der Waals surface area contributed by atoms with Crippen molar-refractivity contribution in [1.82, 2.24) is 15.1 Å². The average Bonchev–Trinajstić information content (AvgIpc) is 3.35. The molecule has 5 saturated heterocycles. The van der Waals surface area contributed by atoms with Crippen molar-refractivity contribution in [3.05, 3.63) is 0 Å². The molecule has 144 valence electrons. The van der Waals surface area contributed by atoms with Crippen molar-refractivity contribution in [2.75, 3.05) is 13.6 Å². The Hall–Kier alpha value is -1.18. The lowest BCUT2D eigenvalue weighted by atomic mass is 9.81. The Kier molecular flexibility index (Phi) is 4.52. The maximum atomic E-state index is 12.7. The van der Waals surface area contributed by atoms with Crippen LogP contribution in [0.5, 0.6) is 0 Å². The minimum atomic E-state index is -0.348. The second-order valence-corrected chi connectivity index (χ2v) is 8.37. The summed E-state index contributed by atoms with van der Waals surface area (Å²) < 4.78 is 5.74. The Morgan fingerprint density at radius 1 is 1.08 bits per heavy atom. The highest BCUT2D eigenvalue weighted by Gasteiger charge is 2.62. The van der Waals surface area contributed by atoms with E-state index in [1.165, 1.54) is 17.7 Å². The number of rotatable bonds is 3. The number of carbonyl (C=O) groups is 3. The number of fused-ring (bicyclic) bond motifs is 7. The first-order chi connectivity index (χ1) is 12.0. The molecular weight excluding hydrogens is 358 g/mol. The fourth-order valence-corrected chi connectivity index (χ4v) is 5.72. The summed E-state index contributed by atoms with van der Waals surface area (Å²) in [5.41, 5.74) is 0. The number of likely N-dealkylation sites (N-methyl/N-ethyl adjacent to an activating group) is 1. The summed E-state index contributed by atoms with van der Waals surface area (Å²) in [6.07, 6.45) is 5.74. The van der Waals surface area contributed by atoms with Gasteiger partial charge in [0.2, 0.25) is 17.7 Å². The predicted molar refractivity (Wildman–Crippen MR) is 94.6 cm³/mol. The number of carbonyl (C=O) groups excluding carboxylic acids is 3. The number of likely N-dealkylation sites (tertiary alicyclic amines) is 1. The van der Waals surface area contributed by atoms with Crippen molar-refractivity contribution in [3.63, 3.8) is 0 Å². The van der Waals surface area contributed by atoms with E-state index >= 15 is 0 Å². The van der Waals surface area contributed by atoms with Gasteiger partial charge in [-0.2, -0.15) is 0 Å². The smallest absolute Gasteiger partial charge is 0.242 e. The van der Waals surface area contributed by atoms with Crippen molar-refractivity contribution < 1.29 is 19.1 Å². The minimum Gasteiger partial charge on any atom is -0.373 e. The summed E-state index contributed by atoms with van der Waals surface area (Å²) >= 11 is 0. The fourth-order valence-electron chi connectivity index (χ4n) is 5.72. The van der Waals surface area contributed by atoms with Crippen LogP contribution in [0, 0.1) is 11.8 Å². The monoisotopic (exact) mass is 383 g/mol. The second kappa shape index (κ2) is 6.46. The summed E-state index contributed by atoms with van der Waals surface area (Å²) in [5, 5.41) is 3.57. The molecule has 0 spiro atoms. The summed E-state index contributed by atoms with van der Waals surface area (Å²) in [6, 6.07) is 1.21. The molecule has 0 aromatic heterocycles. The van der Waals surface area contributed by atoms with E-state index in [0.29, 0.717) is 12.1 Å². The number of piperidine rings is 1. The largest absolute Gasteiger partial charge is 0.373 e. The van der Waals surface area contributed by atoms with E-state index in [2.05, 4.69) is 5.32 Å². The maximum Gasteiger partial charge on any atom is 0.242 e. The molecule has 0 aromatic carbocycles. The summed E-state index contributed by atoms with van der Waals surface area (Å²) in [4.78, 5) is 41.1. The molecule has 4 bridgehead atoms. The van der Waals surface area contributed by atoms with Crippen LogP contribution in [0.3, 0.4) is 0 Å². The van der Waals surface area contributed by atoms with Gasteiger partial charge in [-0.3, -0.25) is 19.3 Å². The summed E-state index contributed by atoms with van der Waals surface area (Å²) in [6.45, 7) is -0.111. The van der Waals surface area contributed by atoms with Gasteiger partial charge in [-0.25, -0.2) is 0 Å². The highest BCUT2D eigenvalue weighted by Crippen LogP contribution is 2.48. The molecule has 0 radical (unpaired) electrons.